The van der Waals surface area contributed by atoms with Crippen LogP contribution in [0.25, 0.3) is 16.6 Å². The molecule has 0 saturated heterocycles. The number of carbonyl (C=O) groups excluding carboxylic acids is 1. The molecule has 0 unspecified atom stereocenters. The summed E-state index contributed by atoms with van der Waals surface area (Å²) >= 11 is 1.22. The summed E-state index contributed by atoms with van der Waals surface area (Å²) < 4.78 is 13.1. The standard InChI is InChI=1S/C21H19N5O3S/c1-28-16-9-7-15(8-10-16)26-19(24-25-21(26)30-13-18(22)27)12-29-17-6-2-4-14-5-3-11-23-20(14)17/h2-11H,12-13H2,1H3,(H2,22,27). The number of thioether (sulfide) groups is 1. The minimum Gasteiger partial charge on any atom is -0.497 e. The number of benzene rings is 2. The van der Waals surface area contributed by atoms with Crippen LogP contribution in [0.3, 0.4) is 0 Å². The van der Waals surface area contributed by atoms with E-state index in [4.69, 9.17) is 15.2 Å². The van der Waals surface area contributed by atoms with E-state index in [1.807, 2.05) is 59.2 Å². The first-order valence-electron chi connectivity index (χ1n) is 9.12. The molecule has 2 aromatic carbocycles. The summed E-state index contributed by atoms with van der Waals surface area (Å²) in [6, 6.07) is 17.1. The maximum absolute atomic E-state index is 11.2. The lowest BCUT2D eigenvalue weighted by molar-refractivity contribution is -0.115. The second-order valence-electron chi connectivity index (χ2n) is 6.31. The monoisotopic (exact) mass is 421 g/mol. The fourth-order valence-electron chi connectivity index (χ4n) is 2.95. The molecule has 0 aliphatic rings. The zero-order valence-electron chi connectivity index (χ0n) is 16.2. The molecule has 0 atom stereocenters. The fraction of sp³-hybridized carbons (Fsp3) is 0.143. The molecular weight excluding hydrogens is 402 g/mol. The van der Waals surface area contributed by atoms with Gasteiger partial charge < -0.3 is 15.2 Å². The van der Waals surface area contributed by atoms with Gasteiger partial charge in [0.25, 0.3) is 0 Å². The van der Waals surface area contributed by atoms with Crippen LogP contribution in [0.4, 0.5) is 0 Å². The summed E-state index contributed by atoms with van der Waals surface area (Å²) in [5.74, 6) is 1.65. The number of hydrogen-bond donors (Lipinski definition) is 1. The molecule has 152 valence electrons. The Morgan fingerprint density at radius 2 is 1.90 bits per heavy atom. The molecule has 2 N–H and O–H groups in total. The van der Waals surface area contributed by atoms with Crippen LogP contribution in [0.2, 0.25) is 0 Å². The van der Waals surface area contributed by atoms with Gasteiger partial charge in [0.15, 0.2) is 11.0 Å². The summed E-state index contributed by atoms with van der Waals surface area (Å²) in [7, 11) is 1.61. The number of rotatable bonds is 8. The van der Waals surface area contributed by atoms with E-state index in [9.17, 15) is 4.79 Å². The zero-order chi connectivity index (χ0) is 20.9. The van der Waals surface area contributed by atoms with Crippen LogP contribution in [0.15, 0.2) is 66.0 Å². The highest BCUT2D eigenvalue weighted by atomic mass is 32.2. The highest BCUT2D eigenvalue weighted by molar-refractivity contribution is 7.99. The van der Waals surface area contributed by atoms with E-state index in [-0.39, 0.29) is 12.4 Å². The van der Waals surface area contributed by atoms with E-state index < -0.39 is 5.91 Å². The minimum atomic E-state index is -0.427. The van der Waals surface area contributed by atoms with Gasteiger partial charge >= 0.3 is 0 Å². The summed E-state index contributed by atoms with van der Waals surface area (Å²) in [6.07, 6.45) is 1.73. The van der Waals surface area contributed by atoms with Crippen LogP contribution < -0.4 is 15.2 Å². The Kier molecular flexibility index (Phi) is 5.80. The number of para-hydroxylation sites is 1. The first kappa shape index (κ1) is 19.7. The average Bonchev–Trinajstić information content (AvgIpc) is 3.19. The third-order valence-corrected chi connectivity index (χ3v) is 5.28. The number of hydrogen-bond acceptors (Lipinski definition) is 7. The Morgan fingerprint density at radius 1 is 1.10 bits per heavy atom. The summed E-state index contributed by atoms with van der Waals surface area (Å²) in [5.41, 5.74) is 6.89. The molecule has 0 spiro atoms. The van der Waals surface area contributed by atoms with E-state index >= 15 is 0 Å². The minimum absolute atomic E-state index is 0.0996. The lowest BCUT2D eigenvalue weighted by Crippen LogP contribution is -2.14. The molecule has 9 heteroatoms. The summed E-state index contributed by atoms with van der Waals surface area (Å²) in [5, 5.41) is 10.0. The molecule has 0 aliphatic heterocycles. The first-order valence-corrected chi connectivity index (χ1v) is 10.1. The molecule has 0 bridgehead atoms. The third kappa shape index (κ3) is 4.20. The number of primary amides is 1. The van der Waals surface area contributed by atoms with E-state index in [1.165, 1.54) is 11.8 Å². The second kappa shape index (κ2) is 8.83. The van der Waals surface area contributed by atoms with Gasteiger partial charge in [-0.05, 0) is 36.4 Å². The van der Waals surface area contributed by atoms with Crippen molar-refractivity contribution in [3.05, 3.63) is 66.6 Å². The molecule has 0 fully saturated rings. The van der Waals surface area contributed by atoms with Crippen molar-refractivity contribution < 1.29 is 14.3 Å². The van der Waals surface area contributed by atoms with E-state index in [2.05, 4.69) is 15.2 Å². The van der Waals surface area contributed by atoms with Crippen LogP contribution in [0, 0.1) is 0 Å². The van der Waals surface area contributed by atoms with Gasteiger partial charge in [0.05, 0.1) is 12.9 Å². The Labute approximate surface area is 177 Å². The smallest absolute Gasteiger partial charge is 0.227 e. The number of carbonyl (C=O) groups is 1. The van der Waals surface area contributed by atoms with Crippen molar-refractivity contribution in [3.8, 4) is 17.2 Å². The Morgan fingerprint density at radius 3 is 2.67 bits per heavy atom. The van der Waals surface area contributed by atoms with E-state index in [0.717, 1.165) is 22.3 Å². The largest absolute Gasteiger partial charge is 0.497 e. The van der Waals surface area contributed by atoms with E-state index in [1.54, 1.807) is 13.3 Å². The highest BCUT2D eigenvalue weighted by Crippen LogP contribution is 2.26. The number of amides is 1. The topological polar surface area (TPSA) is 105 Å². The Bertz CT molecular complexity index is 1170. The number of ether oxygens (including phenoxy) is 2. The number of nitrogens with zero attached hydrogens (tertiary/aromatic N) is 4. The predicted molar refractivity (Wildman–Crippen MR) is 114 cm³/mol. The Balaban J connectivity index is 1.65. The Hall–Kier alpha value is -3.59. The number of pyridine rings is 1. The van der Waals surface area contributed by atoms with Crippen molar-refractivity contribution in [2.45, 2.75) is 11.8 Å². The number of methoxy groups -OCH3 is 1. The molecule has 4 aromatic rings. The first-order chi connectivity index (χ1) is 14.7. The maximum Gasteiger partial charge on any atom is 0.227 e. The number of nitrogens with two attached hydrogens (primary N) is 1. The molecular formula is C21H19N5O3S. The molecule has 2 aromatic heterocycles. The quantitative estimate of drug-likeness (QED) is 0.436. The molecule has 4 rings (SSSR count). The van der Waals surface area contributed by atoms with Crippen molar-refractivity contribution in [3.63, 3.8) is 0 Å². The van der Waals surface area contributed by atoms with Crippen LogP contribution in [0.5, 0.6) is 11.5 Å². The van der Waals surface area contributed by atoms with Gasteiger partial charge in [-0.3, -0.25) is 14.3 Å². The lowest BCUT2D eigenvalue weighted by Gasteiger charge is -2.12. The van der Waals surface area contributed by atoms with E-state index in [0.29, 0.717) is 16.7 Å². The van der Waals surface area contributed by atoms with Crippen molar-refractivity contribution in [2.24, 2.45) is 5.73 Å². The SMILES string of the molecule is COc1ccc(-n2c(COc3cccc4cccnc34)nnc2SCC(N)=O)cc1. The van der Waals surface area contributed by atoms with Gasteiger partial charge in [0.1, 0.15) is 23.6 Å². The molecule has 0 aliphatic carbocycles. The number of fused-ring (bicyclic) bond motifs is 1. The number of aromatic nitrogens is 4. The van der Waals surface area contributed by atoms with Crippen LogP contribution in [-0.2, 0) is 11.4 Å². The predicted octanol–water partition coefficient (Wildman–Crippen LogP) is 2.98. The van der Waals surface area contributed by atoms with Crippen molar-refractivity contribution >= 4 is 28.6 Å². The highest BCUT2D eigenvalue weighted by Gasteiger charge is 2.16. The third-order valence-electron chi connectivity index (χ3n) is 4.33. The molecule has 1 amide bonds. The van der Waals surface area contributed by atoms with Gasteiger partial charge in [-0.15, -0.1) is 10.2 Å². The van der Waals surface area contributed by atoms with Gasteiger partial charge in [-0.1, -0.05) is 30.0 Å². The van der Waals surface area contributed by atoms with Gasteiger partial charge in [0.2, 0.25) is 5.91 Å². The molecule has 2 heterocycles. The lowest BCUT2D eigenvalue weighted by atomic mass is 10.2. The molecule has 8 nitrogen and oxygen atoms in total. The summed E-state index contributed by atoms with van der Waals surface area (Å²) in [6.45, 7) is 0.172. The van der Waals surface area contributed by atoms with Crippen molar-refractivity contribution in [1.29, 1.82) is 0 Å². The average molecular weight is 421 g/mol. The zero-order valence-corrected chi connectivity index (χ0v) is 17.0. The fourth-order valence-corrected chi connectivity index (χ4v) is 3.66. The maximum atomic E-state index is 11.2. The van der Waals surface area contributed by atoms with Crippen LogP contribution in [-0.4, -0.2) is 38.5 Å². The molecule has 30 heavy (non-hydrogen) atoms. The molecule has 0 radical (unpaired) electrons. The van der Waals surface area contributed by atoms with Gasteiger partial charge in [-0.25, -0.2) is 0 Å². The van der Waals surface area contributed by atoms with Crippen LogP contribution >= 0.6 is 11.8 Å². The van der Waals surface area contributed by atoms with Crippen molar-refractivity contribution in [2.75, 3.05) is 12.9 Å². The summed E-state index contributed by atoms with van der Waals surface area (Å²) in [4.78, 5) is 15.7. The van der Waals surface area contributed by atoms with Gasteiger partial charge in [0, 0.05) is 17.3 Å². The second-order valence-corrected chi connectivity index (χ2v) is 7.25. The normalized spacial score (nSPS) is 10.8. The molecule has 0 saturated carbocycles. The van der Waals surface area contributed by atoms with Gasteiger partial charge in [-0.2, -0.15) is 0 Å². The van der Waals surface area contributed by atoms with Crippen LogP contribution in [0.1, 0.15) is 5.82 Å². The van der Waals surface area contributed by atoms with Crippen molar-refractivity contribution in [1.82, 2.24) is 19.7 Å².